The van der Waals surface area contributed by atoms with E-state index in [1.165, 1.54) is 0 Å². The fourth-order valence-corrected chi connectivity index (χ4v) is 2.85. The van der Waals surface area contributed by atoms with Gasteiger partial charge in [0.05, 0.1) is 12.5 Å². The van der Waals surface area contributed by atoms with E-state index in [1.807, 2.05) is 6.92 Å². The van der Waals surface area contributed by atoms with Crippen molar-refractivity contribution in [2.24, 2.45) is 5.73 Å². The number of benzene rings is 1. The molecule has 4 N–H and O–H groups in total. The molecule has 2 heterocycles. The standard InChI is InChI=1S/C16H17BN2O5/c1-9-4-11(23-14-5-10(8-18)2-3-19-14)6-12-16(9)13(7-15(20)21)24-17(12)22/h2-6,13,22H,7-8,18H2,1H3,(H,20,21). The molecule has 3 rings (SSSR count). The van der Waals surface area contributed by atoms with Crippen molar-refractivity contribution < 1.29 is 24.3 Å². The zero-order chi connectivity index (χ0) is 17.3. The fourth-order valence-electron chi connectivity index (χ4n) is 2.85. The van der Waals surface area contributed by atoms with Crippen LogP contribution in [0.1, 0.15) is 29.2 Å². The smallest absolute Gasteiger partial charge is 0.481 e. The van der Waals surface area contributed by atoms with Gasteiger partial charge in [-0.05, 0) is 47.3 Å². The minimum absolute atomic E-state index is 0.203. The summed E-state index contributed by atoms with van der Waals surface area (Å²) in [4.78, 5) is 15.1. The Kier molecular flexibility index (Phi) is 4.52. The second-order valence-corrected chi connectivity index (χ2v) is 5.63. The number of carboxylic acids is 1. The van der Waals surface area contributed by atoms with Gasteiger partial charge in [0.2, 0.25) is 5.88 Å². The lowest BCUT2D eigenvalue weighted by molar-refractivity contribution is -0.138. The maximum atomic E-state index is 10.9. The summed E-state index contributed by atoms with van der Waals surface area (Å²) in [5.74, 6) is -0.0955. The van der Waals surface area contributed by atoms with Gasteiger partial charge in [0.15, 0.2) is 0 Å². The molecular formula is C16H17BN2O5. The number of rotatable bonds is 5. The SMILES string of the molecule is Cc1cc(Oc2cc(CN)ccn2)cc2c1C(CC(=O)O)OB2O. The Labute approximate surface area is 139 Å². The van der Waals surface area contributed by atoms with Crippen LogP contribution in [0, 0.1) is 6.92 Å². The van der Waals surface area contributed by atoms with Crippen LogP contribution in [-0.4, -0.2) is 28.2 Å². The highest BCUT2D eigenvalue weighted by molar-refractivity contribution is 6.62. The molecule has 2 aromatic rings. The first-order chi connectivity index (χ1) is 11.5. The fraction of sp³-hybridized carbons (Fsp3) is 0.250. The van der Waals surface area contributed by atoms with Crippen LogP contribution in [-0.2, 0) is 16.0 Å². The van der Waals surface area contributed by atoms with E-state index in [1.54, 1.807) is 30.5 Å². The molecule has 8 heteroatoms. The molecule has 1 unspecified atom stereocenters. The number of aryl methyl sites for hydroxylation is 1. The molecule has 0 fully saturated rings. The van der Waals surface area contributed by atoms with Crippen molar-refractivity contribution in [3.8, 4) is 11.6 Å². The van der Waals surface area contributed by atoms with Gasteiger partial charge >= 0.3 is 13.1 Å². The Hall–Kier alpha value is -2.42. The molecule has 124 valence electrons. The summed E-state index contributed by atoms with van der Waals surface area (Å²) in [6.07, 6.45) is 0.740. The van der Waals surface area contributed by atoms with Crippen molar-refractivity contribution in [2.45, 2.75) is 26.0 Å². The van der Waals surface area contributed by atoms with Gasteiger partial charge in [-0.15, -0.1) is 0 Å². The number of carbonyl (C=O) groups is 1. The van der Waals surface area contributed by atoms with Crippen molar-refractivity contribution in [3.05, 3.63) is 47.2 Å². The second-order valence-electron chi connectivity index (χ2n) is 5.63. The summed E-state index contributed by atoms with van der Waals surface area (Å²) in [6.45, 7) is 2.21. The number of ether oxygens (including phenoxy) is 1. The zero-order valence-electron chi connectivity index (χ0n) is 13.1. The molecule has 0 saturated heterocycles. The maximum absolute atomic E-state index is 10.9. The Balaban J connectivity index is 1.91. The molecule has 0 radical (unpaired) electrons. The predicted molar refractivity (Wildman–Crippen MR) is 87.1 cm³/mol. The molecule has 0 bridgehead atoms. The highest BCUT2D eigenvalue weighted by Crippen LogP contribution is 2.32. The number of aromatic nitrogens is 1. The minimum Gasteiger partial charge on any atom is -0.481 e. The van der Waals surface area contributed by atoms with Gasteiger partial charge in [0, 0.05) is 18.8 Å². The third-order valence-corrected chi connectivity index (χ3v) is 3.89. The highest BCUT2D eigenvalue weighted by atomic mass is 16.5. The van der Waals surface area contributed by atoms with Gasteiger partial charge in [-0.25, -0.2) is 4.98 Å². The van der Waals surface area contributed by atoms with Gasteiger partial charge < -0.3 is 25.3 Å². The number of hydrogen-bond donors (Lipinski definition) is 3. The first-order valence-electron chi connectivity index (χ1n) is 7.50. The van der Waals surface area contributed by atoms with Gasteiger partial charge in [-0.1, -0.05) is 0 Å². The molecule has 1 aromatic carbocycles. The summed E-state index contributed by atoms with van der Waals surface area (Å²) in [5.41, 5.74) is 8.50. The quantitative estimate of drug-likeness (QED) is 0.698. The van der Waals surface area contributed by atoms with Crippen LogP contribution in [0.4, 0.5) is 0 Å². The molecule has 0 amide bonds. The molecule has 1 aliphatic heterocycles. The van der Waals surface area contributed by atoms with Gasteiger partial charge in [-0.3, -0.25) is 4.79 Å². The highest BCUT2D eigenvalue weighted by Gasteiger charge is 2.37. The Morgan fingerprint density at radius 3 is 2.96 bits per heavy atom. The number of hydrogen-bond acceptors (Lipinski definition) is 6. The van der Waals surface area contributed by atoms with Gasteiger partial charge in [-0.2, -0.15) is 0 Å². The van der Waals surface area contributed by atoms with E-state index in [9.17, 15) is 9.82 Å². The Morgan fingerprint density at radius 1 is 1.46 bits per heavy atom. The van der Waals surface area contributed by atoms with Crippen molar-refractivity contribution in [3.63, 3.8) is 0 Å². The molecule has 1 aliphatic rings. The van der Waals surface area contributed by atoms with Crippen molar-refractivity contribution in [2.75, 3.05) is 0 Å². The van der Waals surface area contributed by atoms with Crippen LogP contribution in [0.5, 0.6) is 11.6 Å². The third-order valence-electron chi connectivity index (χ3n) is 3.89. The largest absolute Gasteiger partial charge is 0.492 e. The average molecular weight is 328 g/mol. The first-order valence-corrected chi connectivity index (χ1v) is 7.50. The van der Waals surface area contributed by atoms with Gasteiger partial charge in [0.25, 0.3) is 0 Å². The number of pyridine rings is 1. The molecule has 1 atom stereocenters. The van der Waals surface area contributed by atoms with Crippen LogP contribution in [0.2, 0.25) is 0 Å². The summed E-state index contributed by atoms with van der Waals surface area (Å²) < 4.78 is 11.1. The van der Waals surface area contributed by atoms with Crippen LogP contribution >= 0.6 is 0 Å². The van der Waals surface area contributed by atoms with E-state index in [-0.39, 0.29) is 6.42 Å². The lowest BCUT2D eigenvalue weighted by Gasteiger charge is -2.13. The van der Waals surface area contributed by atoms with Crippen LogP contribution in [0.25, 0.3) is 0 Å². The number of nitrogens with zero attached hydrogens (tertiary/aromatic N) is 1. The summed E-state index contributed by atoms with van der Waals surface area (Å²) in [6, 6.07) is 6.95. The Morgan fingerprint density at radius 2 is 2.25 bits per heavy atom. The molecular weight excluding hydrogens is 311 g/mol. The number of carboxylic acid groups (broad SMARTS) is 1. The minimum atomic E-state index is -1.17. The maximum Gasteiger partial charge on any atom is 0.492 e. The van der Waals surface area contributed by atoms with Gasteiger partial charge in [0.1, 0.15) is 5.75 Å². The van der Waals surface area contributed by atoms with E-state index in [0.29, 0.717) is 29.2 Å². The van der Waals surface area contributed by atoms with E-state index in [4.69, 9.17) is 20.2 Å². The zero-order valence-corrected chi connectivity index (χ0v) is 13.1. The van der Waals surface area contributed by atoms with E-state index in [0.717, 1.165) is 11.1 Å². The normalized spacial score (nSPS) is 16.1. The topological polar surface area (TPSA) is 115 Å². The lowest BCUT2D eigenvalue weighted by atomic mass is 9.77. The predicted octanol–water partition coefficient (Wildman–Crippen LogP) is 0.875. The molecule has 0 saturated carbocycles. The number of nitrogens with two attached hydrogens (primary N) is 1. The average Bonchev–Trinajstić information content (AvgIpc) is 2.83. The summed E-state index contributed by atoms with van der Waals surface area (Å²) in [5, 5.41) is 19.0. The number of fused-ring (bicyclic) bond motifs is 1. The van der Waals surface area contributed by atoms with Crippen LogP contribution in [0.15, 0.2) is 30.5 Å². The van der Waals surface area contributed by atoms with Crippen molar-refractivity contribution in [1.29, 1.82) is 0 Å². The lowest BCUT2D eigenvalue weighted by Crippen LogP contribution is -2.28. The number of aliphatic carboxylic acids is 1. The van der Waals surface area contributed by atoms with Crippen LogP contribution in [0.3, 0.4) is 0 Å². The first kappa shape index (κ1) is 16.4. The van der Waals surface area contributed by atoms with E-state index in [2.05, 4.69) is 4.98 Å². The van der Waals surface area contributed by atoms with E-state index >= 15 is 0 Å². The molecule has 0 spiro atoms. The second kappa shape index (κ2) is 6.60. The molecule has 24 heavy (non-hydrogen) atoms. The summed E-state index contributed by atoms with van der Waals surface area (Å²) >= 11 is 0. The van der Waals surface area contributed by atoms with Crippen LogP contribution < -0.4 is 15.9 Å². The summed E-state index contributed by atoms with van der Waals surface area (Å²) in [7, 11) is -1.17. The molecule has 0 aliphatic carbocycles. The van der Waals surface area contributed by atoms with Crippen molar-refractivity contribution in [1.82, 2.24) is 4.98 Å². The third kappa shape index (κ3) is 3.26. The molecule has 7 nitrogen and oxygen atoms in total. The molecule has 1 aromatic heterocycles. The van der Waals surface area contributed by atoms with E-state index < -0.39 is 19.2 Å². The Bertz CT molecular complexity index is 783. The monoisotopic (exact) mass is 328 g/mol. The van der Waals surface area contributed by atoms with Crippen molar-refractivity contribution >= 4 is 18.6 Å².